The van der Waals surface area contributed by atoms with E-state index >= 15 is 0 Å². The van der Waals surface area contributed by atoms with E-state index in [1.807, 2.05) is 66.9 Å². The van der Waals surface area contributed by atoms with Crippen molar-refractivity contribution in [1.29, 1.82) is 0 Å². The molecule has 0 radical (unpaired) electrons. The Hall–Kier alpha value is -3.28. The number of aromatic nitrogens is 3. The van der Waals surface area contributed by atoms with Gasteiger partial charge in [-0.3, -0.25) is 14.7 Å². The fourth-order valence-corrected chi connectivity index (χ4v) is 5.78. The Morgan fingerprint density at radius 3 is 2.54 bits per heavy atom. The van der Waals surface area contributed by atoms with Crippen LogP contribution in [0, 0.1) is 17.0 Å². The largest absolute Gasteiger partial charge is 0.497 e. The van der Waals surface area contributed by atoms with Gasteiger partial charge in [0.15, 0.2) is 16.7 Å². The van der Waals surface area contributed by atoms with Crippen molar-refractivity contribution in [2.24, 2.45) is 0 Å². The molecular formula is C27H26BrClN4O5S. The van der Waals surface area contributed by atoms with Gasteiger partial charge in [-0.1, -0.05) is 41.6 Å². The van der Waals surface area contributed by atoms with E-state index in [-0.39, 0.29) is 18.1 Å². The highest BCUT2D eigenvalue weighted by atomic mass is 79.9. The molecule has 0 aliphatic heterocycles. The smallest absolute Gasteiger partial charge is 0.220 e. The van der Waals surface area contributed by atoms with Crippen molar-refractivity contribution < 1.29 is 19.1 Å². The SMILES string of the molecule is CCOc1cc([C@H](C[N+](=O)[O-])Sc2nnc(C)n2-c2ccc(OC)cc2)cc(Br)c1OCc1ccccc1Cl. The van der Waals surface area contributed by atoms with Gasteiger partial charge in [0.25, 0.3) is 0 Å². The van der Waals surface area contributed by atoms with Crippen LogP contribution in [0.2, 0.25) is 5.02 Å². The molecule has 0 fully saturated rings. The molecule has 0 spiro atoms. The molecule has 1 heterocycles. The maximum Gasteiger partial charge on any atom is 0.220 e. The van der Waals surface area contributed by atoms with Crippen LogP contribution in [-0.2, 0) is 6.61 Å². The summed E-state index contributed by atoms with van der Waals surface area (Å²) < 4.78 is 19.7. The Morgan fingerprint density at radius 1 is 1.13 bits per heavy atom. The molecule has 0 N–H and O–H groups in total. The third-order valence-corrected chi connectivity index (χ3v) is 7.86. The first-order valence-corrected chi connectivity index (χ1v) is 14.0. The van der Waals surface area contributed by atoms with Gasteiger partial charge in [-0.25, -0.2) is 0 Å². The zero-order valence-electron chi connectivity index (χ0n) is 21.5. The summed E-state index contributed by atoms with van der Waals surface area (Å²) in [5.74, 6) is 2.33. The Morgan fingerprint density at radius 2 is 1.87 bits per heavy atom. The van der Waals surface area contributed by atoms with E-state index in [1.165, 1.54) is 11.8 Å². The van der Waals surface area contributed by atoms with Crippen LogP contribution in [0.25, 0.3) is 5.69 Å². The number of hydrogen-bond donors (Lipinski definition) is 0. The van der Waals surface area contributed by atoms with Crippen LogP contribution in [0.15, 0.2) is 70.3 Å². The summed E-state index contributed by atoms with van der Waals surface area (Å²) in [4.78, 5) is 11.4. The lowest BCUT2D eigenvalue weighted by atomic mass is 10.1. The van der Waals surface area contributed by atoms with Crippen LogP contribution in [0.4, 0.5) is 0 Å². The standard InChI is InChI=1S/C27H26BrClN4O5S/c1-4-37-24-14-19(13-22(28)26(24)38-16-18-7-5-6-8-23(18)29)25(15-32(34)35)39-27-31-30-17(2)33(27)20-9-11-21(36-3)12-10-20/h5-14,25H,4,15-16H2,1-3H3/t25-/m0/s1. The van der Waals surface area contributed by atoms with Crippen molar-refractivity contribution >= 4 is 39.3 Å². The van der Waals surface area contributed by atoms with Crippen LogP contribution in [-0.4, -0.2) is 39.9 Å². The van der Waals surface area contributed by atoms with Crippen LogP contribution < -0.4 is 14.2 Å². The number of methoxy groups -OCH3 is 1. The predicted molar refractivity (Wildman–Crippen MR) is 154 cm³/mol. The molecule has 1 atom stereocenters. The highest BCUT2D eigenvalue weighted by molar-refractivity contribution is 9.10. The molecule has 0 bridgehead atoms. The van der Waals surface area contributed by atoms with E-state index in [4.69, 9.17) is 25.8 Å². The maximum absolute atomic E-state index is 11.7. The topological polar surface area (TPSA) is 102 Å². The summed E-state index contributed by atoms with van der Waals surface area (Å²) in [6, 6.07) is 18.5. The third-order valence-electron chi connectivity index (χ3n) is 5.72. The summed E-state index contributed by atoms with van der Waals surface area (Å²) in [6.07, 6.45) is 0. The van der Waals surface area contributed by atoms with Crippen molar-refractivity contribution in [2.45, 2.75) is 30.9 Å². The van der Waals surface area contributed by atoms with Gasteiger partial charge in [0.2, 0.25) is 6.54 Å². The summed E-state index contributed by atoms with van der Waals surface area (Å²) in [7, 11) is 1.60. The molecule has 0 saturated heterocycles. The van der Waals surface area contributed by atoms with Crippen LogP contribution in [0.1, 0.15) is 29.1 Å². The maximum atomic E-state index is 11.7. The third kappa shape index (κ3) is 7.03. The second kappa shape index (κ2) is 13.2. The number of thioether (sulfide) groups is 1. The molecule has 9 nitrogen and oxygen atoms in total. The Bertz CT molecular complexity index is 1450. The van der Waals surface area contributed by atoms with Crippen molar-refractivity contribution in [3.8, 4) is 22.9 Å². The average molecular weight is 634 g/mol. The van der Waals surface area contributed by atoms with Crippen LogP contribution in [0.5, 0.6) is 17.2 Å². The normalized spacial score (nSPS) is 11.7. The van der Waals surface area contributed by atoms with Crippen LogP contribution in [0.3, 0.4) is 0 Å². The summed E-state index contributed by atoms with van der Waals surface area (Å²) in [5, 5.41) is 20.8. The molecule has 0 saturated carbocycles. The first kappa shape index (κ1) is 28.7. The number of hydrogen-bond acceptors (Lipinski definition) is 8. The second-order valence-electron chi connectivity index (χ2n) is 8.33. The highest BCUT2D eigenvalue weighted by Gasteiger charge is 2.26. The lowest BCUT2D eigenvalue weighted by Crippen LogP contribution is -2.12. The van der Waals surface area contributed by atoms with E-state index in [1.54, 1.807) is 19.2 Å². The fourth-order valence-electron chi connectivity index (χ4n) is 3.86. The number of benzene rings is 3. The molecule has 12 heteroatoms. The minimum atomic E-state index is -0.589. The first-order chi connectivity index (χ1) is 18.8. The van der Waals surface area contributed by atoms with Gasteiger partial charge in [-0.2, -0.15) is 0 Å². The van der Waals surface area contributed by atoms with Gasteiger partial charge in [0, 0.05) is 21.2 Å². The van der Waals surface area contributed by atoms with E-state index in [0.29, 0.717) is 44.1 Å². The van der Waals surface area contributed by atoms with E-state index < -0.39 is 5.25 Å². The molecule has 0 amide bonds. The van der Waals surface area contributed by atoms with Crippen LogP contribution >= 0.6 is 39.3 Å². The summed E-state index contributed by atoms with van der Waals surface area (Å²) >= 11 is 11.1. The molecule has 4 aromatic rings. The van der Waals surface area contributed by atoms with Crippen molar-refractivity contribution in [3.05, 3.63) is 97.2 Å². The number of halogens is 2. The van der Waals surface area contributed by atoms with Crippen molar-refractivity contribution in [1.82, 2.24) is 14.8 Å². The lowest BCUT2D eigenvalue weighted by molar-refractivity contribution is -0.479. The van der Waals surface area contributed by atoms with E-state index in [0.717, 1.165) is 17.0 Å². The van der Waals surface area contributed by atoms with Gasteiger partial charge in [0.05, 0.1) is 18.2 Å². The monoisotopic (exact) mass is 632 g/mol. The first-order valence-electron chi connectivity index (χ1n) is 12.0. The second-order valence-corrected chi connectivity index (χ2v) is 10.8. The minimum absolute atomic E-state index is 0.231. The van der Waals surface area contributed by atoms with Crippen molar-refractivity contribution in [3.63, 3.8) is 0 Å². The molecule has 0 aliphatic rings. The molecule has 4 rings (SSSR count). The number of rotatable bonds is 12. The molecular weight excluding hydrogens is 608 g/mol. The fraction of sp³-hybridized carbons (Fsp3) is 0.259. The van der Waals surface area contributed by atoms with Gasteiger partial charge in [-0.05, 0) is 77.8 Å². The molecule has 0 aliphatic carbocycles. The zero-order valence-corrected chi connectivity index (χ0v) is 24.6. The minimum Gasteiger partial charge on any atom is -0.497 e. The zero-order chi connectivity index (χ0) is 27.9. The Kier molecular flexibility index (Phi) is 9.71. The average Bonchev–Trinajstić information content (AvgIpc) is 3.28. The van der Waals surface area contributed by atoms with Gasteiger partial charge < -0.3 is 14.2 Å². The Balaban J connectivity index is 1.67. The molecule has 1 aromatic heterocycles. The van der Waals surface area contributed by atoms with Crippen molar-refractivity contribution in [2.75, 3.05) is 20.3 Å². The molecule has 204 valence electrons. The molecule has 39 heavy (non-hydrogen) atoms. The number of nitrogens with zero attached hydrogens (tertiary/aromatic N) is 4. The van der Waals surface area contributed by atoms with E-state index in [9.17, 15) is 10.1 Å². The number of nitro groups is 1. The summed E-state index contributed by atoms with van der Waals surface area (Å²) in [6.45, 7) is 3.98. The predicted octanol–water partition coefficient (Wildman–Crippen LogP) is 7.09. The number of aryl methyl sites for hydroxylation is 1. The highest BCUT2D eigenvalue weighted by Crippen LogP contribution is 2.43. The van der Waals surface area contributed by atoms with Gasteiger partial charge >= 0.3 is 0 Å². The van der Waals surface area contributed by atoms with E-state index in [2.05, 4.69) is 26.1 Å². The summed E-state index contributed by atoms with van der Waals surface area (Å²) in [5.41, 5.74) is 2.33. The molecule has 0 unspecified atom stereocenters. The number of ether oxygens (including phenoxy) is 3. The quantitative estimate of drug-likeness (QED) is 0.0926. The molecule has 3 aromatic carbocycles. The Labute approximate surface area is 243 Å². The van der Waals surface area contributed by atoms with Gasteiger partial charge in [0.1, 0.15) is 23.4 Å². The van der Waals surface area contributed by atoms with Gasteiger partial charge in [-0.15, -0.1) is 10.2 Å². The lowest BCUT2D eigenvalue weighted by Gasteiger charge is -2.19.